The third-order valence-electron chi connectivity index (χ3n) is 2.81. The minimum atomic E-state index is -4.69. The highest BCUT2D eigenvalue weighted by atomic mass is 32.2. The van der Waals surface area contributed by atoms with Crippen molar-refractivity contribution in [2.75, 3.05) is 12.3 Å². The monoisotopic (exact) mass is 335 g/mol. The minimum absolute atomic E-state index is 0.0426. The molecule has 1 amide bonds. The number of benzene rings is 1. The Labute approximate surface area is 130 Å². The second-order valence-corrected chi connectivity index (χ2v) is 5.80. The van der Waals surface area contributed by atoms with Gasteiger partial charge in [0.15, 0.2) is 5.12 Å². The van der Waals surface area contributed by atoms with E-state index in [1.807, 2.05) is 0 Å². The molecule has 8 heteroatoms. The molecule has 122 valence electrons. The first kappa shape index (κ1) is 18.3. The molecule has 1 rings (SSSR count). The number of phenols is 1. The normalized spacial score (nSPS) is 12.7. The van der Waals surface area contributed by atoms with E-state index in [1.165, 1.54) is 12.1 Å². The number of halogens is 3. The summed E-state index contributed by atoms with van der Waals surface area (Å²) in [4.78, 5) is 22.4. The van der Waals surface area contributed by atoms with Crippen LogP contribution in [0.25, 0.3) is 0 Å². The van der Waals surface area contributed by atoms with E-state index in [1.54, 1.807) is 12.1 Å². The molecule has 1 unspecified atom stereocenters. The van der Waals surface area contributed by atoms with E-state index in [0.29, 0.717) is 18.2 Å². The van der Waals surface area contributed by atoms with Gasteiger partial charge in [-0.3, -0.25) is 9.59 Å². The molecule has 22 heavy (non-hydrogen) atoms. The van der Waals surface area contributed by atoms with Crippen LogP contribution in [0.2, 0.25) is 0 Å². The van der Waals surface area contributed by atoms with Crippen molar-refractivity contribution in [1.29, 1.82) is 0 Å². The molecule has 0 aliphatic carbocycles. The number of carbonyl (C=O) groups is 2. The first-order chi connectivity index (χ1) is 10.2. The topological polar surface area (TPSA) is 66.4 Å². The Morgan fingerprint density at radius 3 is 2.36 bits per heavy atom. The van der Waals surface area contributed by atoms with Gasteiger partial charge in [0.05, 0.1) is 0 Å². The van der Waals surface area contributed by atoms with Crippen LogP contribution >= 0.6 is 11.8 Å². The van der Waals surface area contributed by atoms with E-state index in [-0.39, 0.29) is 12.3 Å². The number of thioether (sulfide) groups is 1. The van der Waals surface area contributed by atoms with E-state index in [9.17, 15) is 22.8 Å². The number of hydrogen-bond acceptors (Lipinski definition) is 4. The Hall–Kier alpha value is -1.70. The number of carbonyl (C=O) groups excluding carboxylic acids is 2. The Morgan fingerprint density at radius 2 is 1.86 bits per heavy atom. The molecule has 0 heterocycles. The number of rotatable bonds is 6. The van der Waals surface area contributed by atoms with Crippen molar-refractivity contribution in [2.45, 2.75) is 19.5 Å². The summed E-state index contributed by atoms with van der Waals surface area (Å²) in [5, 5.41) is 10.9. The molecule has 0 aliphatic rings. The molecule has 1 atom stereocenters. The molecule has 0 saturated carbocycles. The number of hydrogen-bond donors (Lipinski definition) is 2. The molecular formula is C14H16F3NO3S. The predicted molar refractivity (Wildman–Crippen MR) is 77.5 cm³/mol. The average molecular weight is 335 g/mol. The van der Waals surface area contributed by atoms with Crippen LogP contribution in [0.3, 0.4) is 0 Å². The van der Waals surface area contributed by atoms with Crippen molar-refractivity contribution >= 4 is 22.8 Å². The molecule has 0 aromatic heterocycles. The highest BCUT2D eigenvalue weighted by molar-refractivity contribution is 8.13. The molecule has 1 aromatic carbocycles. The van der Waals surface area contributed by atoms with Crippen molar-refractivity contribution in [1.82, 2.24) is 5.32 Å². The maximum Gasteiger partial charge on any atom is 0.401 e. The molecule has 0 fully saturated rings. The molecule has 4 nitrogen and oxygen atoms in total. The van der Waals surface area contributed by atoms with Crippen LogP contribution in [0.1, 0.15) is 12.5 Å². The lowest BCUT2D eigenvalue weighted by Crippen LogP contribution is -2.41. The van der Waals surface area contributed by atoms with Crippen molar-refractivity contribution in [2.24, 2.45) is 5.92 Å². The van der Waals surface area contributed by atoms with Crippen LogP contribution in [-0.4, -0.2) is 34.6 Å². The molecule has 2 N–H and O–H groups in total. The highest BCUT2D eigenvalue weighted by Gasteiger charge is 2.44. The van der Waals surface area contributed by atoms with Crippen molar-refractivity contribution in [3.63, 3.8) is 0 Å². The SMILES string of the molecule is CC(=O)SCC(C(=O)NCCc1ccc(O)cc1)C(F)(F)F. The van der Waals surface area contributed by atoms with E-state index in [2.05, 4.69) is 5.32 Å². The van der Waals surface area contributed by atoms with Gasteiger partial charge in [-0.25, -0.2) is 0 Å². The number of aromatic hydroxyl groups is 1. The lowest BCUT2D eigenvalue weighted by Gasteiger charge is -2.18. The molecule has 0 radical (unpaired) electrons. The minimum Gasteiger partial charge on any atom is -0.508 e. The second-order valence-electron chi connectivity index (χ2n) is 4.60. The fourth-order valence-electron chi connectivity index (χ4n) is 1.64. The third kappa shape index (κ3) is 6.38. The van der Waals surface area contributed by atoms with Crippen LogP contribution in [-0.2, 0) is 16.0 Å². The van der Waals surface area contributed by atoms with Crippen LogP contribution in [0.15, 0.2) is 24.3 Å². The number of nitrogens with one attached hydrogen (secondary N) is 1. The quantitative estimate of drug-likeness (QED) is 0.838. The lowest BCUT2D eigenvalue weighted by molar-refractivity contribution is -0.177. The summed E-state index contributed by atoms with van der Waals surface area (Å²) in [5.41, 5.74) is 0.778. The molecule has 0 spiro atoms. The van der Waals surface area contributed by atoms with E-state index in [0.717, 1.165) is 12.5 Å². The Bertz CT molecular complexity index is 517. The Kier molecular flexibility index (Phi) is 6.73. The highest BCUT2D eigenvalue weighted by Crippen LogP contribution is 2.29. The second kappa shape index (κ2) is 8.07. The summed E-state index contributed by atoms with van der Waals surface area (Å²) in [5.74, 6) is -3.88. The van der Waals surface area contributed by atoms with Gasteiger partial charge < -0.3 is 10.4 Å². The van der Waals surface area contributed by atoms with Crippen LogP contribution in [0.4, 0.5) is 13.2 Å². The number of alkyl halides is 3. The number of amides is 1. The summed E-state index contributed by atoms with van der Waals surface area (Å²) >= 11 is 0.478. The average Bonchev–Trinajstić information content (AvgIpc) is 2.39. The maximum atomic E-state index is 12.8. The van der Waals surface area contributed by atoms with Gasteiger partial charge in [-0.2, -0.15) is 13.2 Å². The zero-order valence-corrected chi connectivity index (χ0v) is 12.6. The van der Waals surface area contributed by atoms with Crippen molar-refractivity contribution < 1.29 is 27.9 Å². The largest absolute Gasteiger partial charge is 0.508 e. The third-order valence-corrected chi connectivity index (χ3v) is 3.72. The van der Waals surface area contributed by atoms with Crippen LogP contribution in [0.5, 0.6) is 5.75 Å². The number of phenolic OH excluding ortho intramolecular Hbond substituents is 1. The summed E-state index contributed by atoms with van der Waals surface area (Å²) in [7, 11) is 0. The summed E-state index contributed by atoms with van der Waals surface area (Å²) < 4.78 is 38.4. The van der Waals surface area contributed by atoms with Gasteiger partial charge in [-0.1, -0.05) is 23.9 Å². The van der Waals surface area contributed by atoms with Crippen LogP contribution in [0, 0.1) is 5.92 Å². The Balaban J connectivity index is 2.52. The van der Waals surface area contributed by atoms with E-state index in [4.69, 9.17) is 5.11 Å². The maximum absolute atomic E-state index is 12.8. The van der Waals surface area contributed by atoms with Crippen molar-refractivity contribution in [3.8, 4) is 5.75 Å². The molecule has 0 bridgehead atoms. The first-order valence-corrected chi connectivity index (χ1v) is 7.44. The van der Waals surface area contributed by atoms with Gasteiger partial charge in [0.25, 0.3) is 0 Å². The van der Waals surface area contributed by atoms with Gasteiger partial charge >= 0.3 is 6.18 Å². The standard InChI is InChI=1S/C14H16F3NO3S/c1-9(19)22-8-12(14(15,16)17)13(21)18-7-6-10-2-4-11(20)5-3-10/h2-5,12,20H,6-8H2,1H3,(H,18,21). The fourth-order valence-corrected chi connectivity index (χ4v) is 2.38. The predicted octanol–water partition coefficient (Wildman–Crippen LogP) is 2.51. The summed E-state index contributed by atoms with van der Waals surface area (Å²) in [6, 6.07) is 6.15. The van der Waals surface area contributed by atoms with Gasteiger partial charge in [0.1, 0.15) is 11.7 Å². The van der Waals surface area contributed by atoms with Crippen LogP contribution < -0.4 is 5.32 Å². The zero-order valence-electron chi connectivity index (χ0n) is 11.8. The fraction of sp³-hybridized carbons (Fsp3) is 0.429. The smallest absolute Gasteiger partial charge is 0.401 e. The molecular weight excluding hydrogens is 319 g/mol. The molecule has 1 aromatic rings. The van der Waals surface area contributed by atoms with Gasteiger partial charge in [-0.15, -0.1) is 0 Å². The lowest BCUT2D eigenvalue weighted by atomic mass is 10.1. The van der Waals surface area contributed by atoms with Gasteiger partial charge in [0, 0.05) is 19.2 Å². The van der Waals surface area contributed by atoms with Gasteiger partial charge in [0.2, 0.25) is 5.91 Å². The summed E-state index contributed by atoms with van der Waals surface area (Å²) in [6.45, 7) is 1.20. The first-order valence-electron chi connectivity index (χ1n) is 6.46. The van der Waals surface area contributed by atoms with E-state index >= 15 is 0 Å². The zero-order chi connectivity index (χ0) is 16.8. The summed E-state index contributed by atoms with van der Waals surface area (Å²) in [6.07, 6.45) is -4.35. The Morgan fingerprint density at radius 1 is 1.27 bits per heavy atom. The molecule has 0 aliphatic heterocycles. The van der Waals surface area contributed by atoms with Crippen molar-refractivity contribution in [3.05, 3.63) is 29.8 Å². The van der Waals surface area contributed by atoms with Gasteiger partial charge in [-0.05, 0) is 24.1 Å². The molecule has 0 saturated heterocycles. The van der Waals surface area contributed by atoms with E-state index < -0.39 is 28.9 Å².